The Morgan fingerprint density at radius 2 is 2.28 bits per heavy atom. The molecule has 2 rings (SSSR count). The number of carbonyl (C=O) groups is 1. The highest BCUT2D eigenvalue weighted by atomic mass is 32.1. The summed E-state index contributed by atoms with van der Waals surface area (Å²) >= 11 is 1.42. The number of likely N-dealkylation sites (tertiary alicyclic amines) is 1. The number of hydrazine groups is 1. The Labute approximate surface area is 111 Å². The number of aliphatic hydroxyl groups is 1. The summed E-state index contributed by atoms with van der Waals surface area (Å²) in [6.45, 7) is 3.02. The minimum absolute atomic E-state index is 0.217. The maximum Gasteiger partial charge on any atom is 0.275 e. The van der Waals surface area contributed by atoms with Crippen LogP contribution >= 0.6 is 11.3 Å². The predicted octanol–water partition coefficient (Wildman–Crippen LogP) is 0.556. The van der Waals surface area contributed by atoms with E-state index in [4.69, 9.17) is 10.9 Å². The summed E-state index contributed by atoms with van der Waals surface area (Å²) < 4.78 is 0. The molecule has 6 heteroatoms. The second-order valence-electron chi connectivity index (χ2n) is 4.65. The average Bonchev–Trinajstić information content (AvgIpc) is 2.87. The van der Waals surface area contributed by atoms with E-state index in [0.29, 0.717) is 10.8 Å². The molecule has 0 bridgehead atoms. The molecule has 0 aliphatic carbocycles. The van der Waals surface area contributed by atoms with Gasteiger partial charge in [-0.3, -0.25) is 15.1 Å². The van der Waals surface area contributed by atoms with E-state index in [2.05, 4.69) is 10.3 Å². The van der Waals surface area contributed by atoms with Crippen molar-refractivity contribution in [1.29, 1.82) is 0 Å². The normalized spacial score (nSPS) is 17.9. The van der Waals surface area contributed by atoms with Crippen molar-refractivity contribution in [3.8, 4) is 0 Å². The number of nitrogens with one attached hydrogen (secondary N) is 1. The Hall–Kier alpha value is -0.950. The highest BCUT2D eigenvalue weighted by molar-refractivity contribution is 7.12. The van der Waals surface area contributed by atoms with E-state index in [9.17, 15) is 4.79 Å². The molecule has 1 amide bonds. The number of rotatable bonds is 4. The lowest BCUT2D eigenvalue weighted by molar-refractivity contribution is 0.0954. The second kappa shape index (κ2) is 6.29. The van der Waals surface area contributed by atoms with Crippen LogP contribution in [0.1, 0.15) is 28.1 Å². The number of carbonyl (C=O) groups excluding carboxylic acids is 1. The van der Waals surface area contributed by atoms with Gasteiger partial charge in [0.25, 0.3) is 5.91 Å². The summed E-state index contributed by atoms with van der Waals surface area (Å²) in [5.41, 5.74) is 3.21. The minimum Gasteiger partial charge on any atom is -0.396 e. The van der Waals surface area contributed by atoms with Crippen LogP contribution in [0.4, 0.5) is 0 Å². The maximum atomic E-state index is 11.6. The van der Waals surface area contributed by atoms with Gasteiger partial charge in [-0.25, -0.2) is 5.84 Å². The van der Waals surface area contributed by atoms with E-state index in [1.165, 1.54) is 11.3 Å². The number of thiophene rings is 1. The molecule has 1 aromatic heterocycles. The van der Waals surface area contributed by atoms with Gasteiger partial charge < -0.3 is 5.11 Å². The second-order valence-corrected chi connectivity index (χ2v) is 5.57. The van der Waals surface area contributed by atoms with Crippen molar-refractivity contribution >= 4 is 17.2 Å². The topological polar surface area (TPSA) is 78.6 Å². The SMILES string of the molecule is NNC(=O)c1sccc1CN1CCC(CO)CC1. The summed E-state index contributed by atoms with van der Waals surface area (Å²) in [4.78, 5) is 14.6. The van der Waals surface area contributed by atoms with Gasteiger partial charge in [-0.15, -0.1) is 11.3 Å². The zero-order valence-corrected chi connectivity index (χ0v) is 11.1. The number of hydrogen-bond acceptors (Lipinski definition) is 5. The quantitative estimate of drug-likeness (QED) is 0.424. The zero-order chi connectivity index (χ0) is 13.0. The first-order valence-electron chi connectivity index (χ1n) is 6.15. The molecular weight excluding hydrogens is 250 g/mol. The van der Waals surface area contributed by atoms with Crippen molar-refractivity contribution in [3.63, 3.8) is 0 Å². The Balaban J connectivity index is 1.94. The summed E-state index contributed by atoms with van der Waals surface area (Å²) in [5, 5.41) is 11.0. The average molecular weight is 269 g/mol. The van der Waals surface area contributed by atoms with Gasteiger partial charge in [0.05, 0.1) is 4.88 Å². The number of piperidine rings is 1. The molecule has 18 heavy (non-hydrogen) atoms. The Morgan fingerprint density at radius 1 is 1.56 bits per heavy atom. The van der Waals surface area contributed by atoms with Crippen LogP contribution in [-0.4, -0.2) is 35.6 Å². The monoisotopic (exact) mass is 269 g/mol. The van der Waals surface area contributed by atoms with Crippen LogP contribution in [0, 0.1) is 5.92 Å². The van der Waals surface area contributed by atoms with Crippen LogP contribution in [0.3, 0.4) is 0 Å². The fourth-order valence-corrected chi connectivity index (χ4v) is 3.11. The molecular formula is C12H19N3O2S. The molecule has 0 radical (unpaired) electrons. The Bertz CT molecular complexity index is 400. The van der Waals surface area contributed by atoms with Gasteiger partial charge in [0.2, 0.25) is 0 Å². The van der Waals surface area contributed by atoms with Gasteiger partial charge in [0.1, 0.15) is 0 Å². The fourth-order valence-electron chi connectivity index (χ4n) is 2.29. The minimum atomic E-state index is -0.217. The largest absolute Gasteiger partial charge is 0.396 e. The highest BCUT2D eigenvalue weighted by Crippen LogP contribution is 2.22. The van der Waals surface area contributed by atoms with Crippen LogP contribution in [0.25, 0.3) is 0 Å². The molecule has 4 N–H and O–H groups in total. The fraction of sp³-hybridized carbons (Fsp3) is 0.583. The lowest BCUT2D eigenvalue weighted by atomic mass is 9.97. The standard InChI is InChI=1S/C12H19N3O2S/c13-14-12(17)11-10(3-6-18-11)7-15-4-1-9(8-16)2-5-15/h3,6,9,16H,1-2,4-5,7-8,13H2,(H,14,17). The number of amides is 1. The molecule has 0 atom stereocenters. The van der Waals surface area contributed by atoms with Crippen molar-refractivity contribution in [2.24, 2.45) is 11.8 Å². The van der Waals surface area contributed by atoms with E-state index < -0.39 is 0 Å². The summed E-state index contributed by atoms with van der Waals surface area (Å²) in [6, 6.07) is 1.98. The van der Waals surface area contributed by atoms with Crippen LogP contribution in [0.15, 0.2) is 11.4 Å². The van der Waals surface area contributed by atoms with Crippen molar-refractivity contribution in [2.75, 3.05) is 19.7 Å². The number of nitrogens with two attached hydrogens (primary N) is 1. The first-order chi connectivity index (χ1) is 8.74. The lowest BCUT2D eigenvalue weighted by Gasteiger charge is -2.30. The molecule has 1 aromatic rings. The van der Waals surface area contributed by atoms with Gasteiger partial charge in [-0.1, -0.05) is 0 Å². The third-order valence-electron chi connectivity index (χ3n) is 3.44. The first kappa shape index (κ1) is 13.5. The van der Waals surface area contributed by atoms with Crippen LogP contribution in [0.2, 0.25) is 0 Å². The molecule has 2 heterocycles. The molecule has 1 aliphatic heterocycles. The molecule has 1 saturated heterocycles. The number of aliphatic hydroxyl groups excluding tert-OH is 1. The van der Waals surface area contributed by atoms with E-state index >= 15 is 0 Å². The van der Waals surface area contributed by atoms with Crippen molar-refractivity contribution in [3.05, 3.63) is 21.9 Å². The Morgan fingerprint density at radius 3 is 2.89 bits per heavy atom. The molecule has 0 unspecified atom stereocenters. The predicted molar refractivity (Wildman–Crippen MR) is 71.1 cm³/mol. The number of hydrogen-bond donors (Lipinski definition) is 3. The molecule has 0 saturated carbocycles. The number of nitrogen functional groups attached to an aromatic ring is 1. The third kappa shape index (κ3) is 3.08. The van der Waals surface area contributed by atoms with Gasteiger partial charge in [0, 0.05) is 13.2 Å². The van der Waals surface area contributed by atoms with E-state index in [1.54, 1.807) is 0 Å². The van der Waals surface area contributed by atoms with Crippen molar-refractivity contribution in [2.45, 2.75) is 19.4 Å². The molecule has 1 fully saturated rings. The number of nitrogens with zero attached hydrogens (tertiary/aromatic N) is 1. The Kier molecular flexibility index (Phi) is 4.71. The molecule has 0 spiro atoms. The molecule has 100 valence electrons. The van der Waals surface area contributed by atoms with E-state index in [-0.39, 0.29) is 12.5 Å². The maximum absolute atomic E-state index is 11.6. The smallest absolute Gasteiger partial charge is 0.275 e. The first-order valence-corrected chi connectivity index (χ1v) is 7.03. The summed E-state index contributed by atoms with van der Waals surface area (Å²) in [6.07, 6.45) is 2.05. The van der Waals surface area contributed by atoms with Crippen LogP contribution < -0.4 is 11.3 Å². The molecule has 1 aliphatic rings. The van der Waals surface area contributed by atoms with E-state index in [1.807, 2.05) is 11.4 Å². The van der Waals surface area contributed by atoms with Gasteiger partial charge in [-0.2, -0.15) is 0 Å². The third-order valence-corrected chi connectivity index (χ3v) is 4.40. The van der Waals surface area contributed by atoms with Gasteiger partial charge in [-0.05, 0) is 48.9 Å². The van der Waals surface area contributed by atoms with Crippen LogP contribution in [-0.2, 0) is 6.54 Å². The molecule has 5 nitrogen and oxygen atoms in total. The zero-order valence-electron chi connectivity index (χ0n) is 10.3. The van der Waals surface area contributed by atoms with Crippen molar-refractivity contribution < 1.29 is 9.90 Å². The van der Waals surface area contributed by atoms with Gasteiger partial charge in [0.15, 0.2) is 0 Å². The molecule has 0 aromatic carbocycles. The lowest BCUT2D eigenvalue weighted by Crippen LogP contribution is -2.35. The van der Waals surface area contributed by atoms with E-state index in [0.717, 1.165) is 38.0 Å². The van der Waals surface area contributed by atoms with Crippen LogP contribution in [0.5, 0.6) is 0 Å². The van der Waals surface area contributed by atoms with Gasteiger partial charge >= 0.3 is 0 Å². The van der Waals surface area contributed by atoms with Crippen molar-refractivity contribution in [1.82, 2.24) is 10.3 Å². The highest BCUT2D eigenvalue weighted by Gasteiger charge is 2.20. The summed E-state index contributed by atoms with van der Waals surface area (Å²) in [7, 11) is 0. The summed E-state index contributed by atoms with van der Waals surface area (Å²) in [5.74, 6) is 5.39.